The van der Waals surface area contributed by atoms with Crippen LogP contribution in [0.4, 0.5) is 0 Å². The summed E-state index contributed by atoms with van der Waals surface area (Å²) in [6.45, 7) is 7.80. The van der Waals surface area contributed by atoms with Gasteiger partial charge in [0.15, 0.2) is 0 Å². The largest absolute Gasteiger partial charge is 0.395 e. The SMILES string of the molecule is CNC(c1ccccc1)C(C)(C)CN(CCO)CCOC. The minimum atomic E-state index is 0.0407. The Morgan fingerprint density at radius 3 is 2.43 bits per heavy atom. The van der Waals surface area contributed by atoms with E-state index < -0.39 is 0 Å². The summed E-state index contributed by atoms with van der Waals surface area (Å²) in [6, 6.07) is 10.8. The molecule has 0 aromatic heterocycles. The van der Waals surface area contributed by atoms with Gasteiger partial charge in [0.25, 0.3) is 0 Å². The molecule has 1 aromatic rings. The van der Waals surface area contributed by atoms with Crippen molar-refractivity contribution < 1.29 is 9.84 Å². The first-order valence-corrected chi connectivity index (χ1v) is 7.59. The van der Waals surface area contributed by atoms with Crippen molar-refractivity contribution in [3.8, 4) is 0 Å². The van der Waals surface area contributed by atoms with Crippen molar-refractivity contribution >= 4 is 0 Å². The third-order valence-corrected chi connectivity index (χ3v) is 3.86. The molecule has 0 amide bonds. The summed E-state index contributed by atoms with van der Waals surface area (Å²) < 4.78 is 5.17. The standard InChI is InChI=1S/C17H30N2O2/c1-17(2,14-19(10-12-20)11-13-21-4)16(18-3)15-8-6-5-7-9-15/h5-9,16,18,20H,10-14H2,1-4H3. The molecule has 0 heterocycles. The van der Waals surface area contributed by atoms with Crippen molar-refractivity contribution in [2.24, 2.45) is 5.41 Å². The molecule has 1 atom stereocenters. The normalized spacial score (nSPS) is 13.6. The molecule has 0 saturated heterocycles. The van der Waals surface area contributed by atoms with Gasteiger partial charge < -0.3 is 15.2 Å². The number of aliphatic hydroxyl groups is 1. The summed E-state index contributed by atoms with van der Waals surface area (Å²) in [5.74, 6) is 0. The molecule has 0 fully saturated rings. The highest BCUT2D eigenvalue weighted by Crippen LogP contribution is 2.33. The van der Waals surface area contributed by atoms with Gasteiger partial charge in [-0.1, -0.05) is 44.2 Å². The maximum atomic E-state index is 9.25. The average Bonchev–Trinajstić information content (AvgIpc) is 2.46. The summed E-state index contributed by atoms with van der Waals surface area (Å²) in [6.07, 6.45) is 0. The second kappa shape index (κ2) is 9.15. The monoisotopic (exact) mass is 294 g/mol. The number of methoxy groups -OCH3 is 1. The molecule has 0 radical (unpaired) electrons. The number of nitrogens with one attached hydrogen (secondary N) is 1. The Morgan fingerprint density at radius 2 is 1.90 bits per heavy atom. The molecule has 4 nitrogen and oxygen atoms in total. The van der Waals surface area contributed by atoms with E-state index in [0.717, 1.165) is 13.1 Å². The average molecular weight is 294 g/mol. The van der Waals surface area contributed by atoms with Crippen molar-refractivity contribution in [1.82, 2.24) is 10.2 Å². The minimum Gasteiger partial charge on any atom is -0.395 e. The second-order valence-corrected chi connectivity index (χ2v) is 6.11. The Hall–Kier alpha value is -0.940. The molecule has 0 aliphatic rings. The second-order valence-electron chi connectivity index (χ2n) is 6.11. The summed E-state index contributed by atoms with van der Waals surface area (Å²) in [4.78, 5) is 2.26. The summed E-state index contributed by atoms with van der Waals surface area (Å²) in [5.41, 5.74) is 1.33. The van der Waals surface area contributed by atoms with E-state index in [2.05, 4.69) is 48.3 Å². The topological polar surface area (TPSA) is 44.7 Å². The molecule has 21 heavy (non-hydrogen) atoms. The molecule has 0 bridgehead atoms. The lowest BCUT2D eigenvalue weighted by molar-refractivity contribution is 0.0869. The molecule has 4 heteroatoms. The maximum absolute atomic E-state index is 9.25. The van der Waals surface area contributed by atoms with Crippen LogP contribution in [0.1, 0.15) is 25.5 Å². The molecule has 1 rings (SSSR count). The minimum absolute atomic E-state index is 0.0407. The molecule has 0 aliphatic heterocycles. The van der Waals surface area contributed by atoms with Crippen molar-refractivity contribution in [2.45, 2.75) is 19.9 Å². The van der Waals surface area contributed by atoms with Gasteiger partial charge in [0, 0.05) is 32.8 Å². The van der Waals surface area contributed by atoms with Crippen LogP contribution in [0, 0.1) is 5.41 Å². The van der Waals surface area contributed by atoms with Gasteiger partial charge >= 0.3 is 0 Å². The fourth-order valence-electron chi connectivity index (χ4n) is 2.95. The van der Waals surface area contributed by atoms with Crippen LogP contribution >= 0.6 is 0 Å². The number of hydrogen-bond acceptors (Lipinski definition) is 4. The predicted molar refractivity (Wildman–Crippen MR) is 87.4 cm³/mol. The number of benzene rings is 1. The maximum Gasteiger partial charge on any atom is 0.0589 e. The van der Waals surface area contributed by atoms with Crippen LogP contribution in [0.5, 0.6) is 0 Å². The van der Waals surface area contributed by atoms with Gasteiger partial charge in [-0.05, 0) is 18.0 Å². The van der Waals surface area contributed by atoms with Crippen molar-refractivity contribution in [2.75, 3.05) is 47.0 Å². The predicted octanol–water partition coefficient (Wildman–Crippen LogP) is 1.91. The Kier molecular flexibility index (Phi) is 7.89. The van der Waals surface area contributed by atoms with E-state index in [1.54, 1.807) is 7.11 Å². The fourth-order valence-corrected chi connectivity index (χ4v) is 2.95. The molecule has 120 valence electrons. The number of aliphatic hydroxyl groups excluding tert-OH is 1. The third-order valence-electron chi connectivity index (χ3n) is 3.86. The lowest BCUT2D eigenvalue weighted by Gasteiger charge is -2.39. The Labute approximate surface area is 129 Å². The van der Waals surface area contributed by atoms with E-state index in [1.807, 2.05) is 13.1 Å². The molecular weight excluding hydrogens is 264 g/mol. The molecule has 1 aromatic carbocycles. The molecule has 0 aliphatic carbocycles. The molecular formula is C17H30N2O2. The van der Waals surface area contributed by atoms with E-state index >= 15 is 0 Å². The van der Waals surface area contributed by atoms with E-state index in [-0.39, 0.29) is 18.1 Å². The van der Waals surface area contributed by atoms with E-state index in [1.165, 1.54) is 5.56 Å². The Morgan fingerprint density at radius 1 is 1.24 bits per heavy atom. The third kappa shape index (κ3) is 5.75. The highest BCUT2D eigenvalue weighted by molar-refractivity contribution is 5.21. The summed E-state index contributed by atoms with van der Waals surface area (Å²) in [7, 11) is 3.72. The van der Waals surface area contributed by atoms with Crippen LogP contribution in [0.25, 0.3) is 0 Å². The quantitative estimate of drug-likeness (QED) is 0.692. The van der Waals surface area contributed by atoms with Crippen LogP contribution in [0.15, 0.2) is 30.3 Å². The molecule has 0 saturated carbocycles. The first kappa shape index (κ1) is 18.1. The van der Waals surface area contributed by atoms with Gasteiger partial charge in [-0.25, -0.2) is 0 Å². The van der Waals surface area contributed by atoms with Crippen LogP contribution in [-0.4, -0.2) is 57.0 Å². The van der Waals surface area contributed by atoms with Gasteiger partial charge in [0.1, 0.15) is 0 Å². The Balaban J connectivity index is 2.80. The van der Waals surface area contributed by atoms with E-state index in [4.69, 9.17) is 4.74 Å². The van der Waals surface area contributed by atoms with Gasteiger partial charge in [-0.15, -0.1) is 0 Å². The number of hydrogen-bond donors (Lipinski definition) is 2. The van der Waals surface area contributed by atoms with Crippen LogP contribution in [-0.2, 0) is 4.74 Å². The van der Waals surface area contributed by atoms with Crippen LogP contribution in [0.3, 0.4) is 0 Å². The molecule has 0 spiro atoms. The number of rotatable bonds is 10. The summed E-state index contributed by atoms with van der Waals surface area (Å²) in [5, 5.41) is 12.7. The van der Waals surface area contributed by atoms with Crippen LogP contribution < -0.4 is 5.32 Å². The molecule has 1 unspecified atom stereocenters. The first-order valence-electron chi connectivity index (χ1n) is 7.59. The van der Waals surface area contributed by atoms with Crippen LogP contribution in [0.2, 0.25) is 0 Å². The smallest absolute Gasteiger partial charge is 0.0589 e. The zero-order chi connectivity index (χ0) is 15.7. The van der Waals surface area contributed by atoms with Gasteiger partial charge in [-0.3, -0.25) is 4.90 Å². The van der Waals surface area contributed by atoms with Crippen molar-refractivity contribution in [3.05, 3.63) is 35.9 Å². The van der Waals surface area contributed by atoms with Gasteiger partial charge in [0.05, 0.1) is 13.2 Å². The van der Waals surface area contributed by atoms with Gasteiger partial charge in [0.2, 0.25) is 0 Å². The fraction of sp³-hybridized carbons (Fsp3) is 0.647. The summed E-state index contributed by atoms with van der Waals surface area (Å²) >= 11 is 0. The lowest BCUT2D eigenvalue weighted by Crippen LogP contribution is -2.44. The Bertz CT molecular complexity index is 382. The highest BCUT2D eigenvalue weighted by Gasteiger charge is 2.31. The van der Waals surface area contributed by atoms with Crippen molar-refractivity contribution in [3.63, 3.8) is 0 Å². The van der Waals surface area contributed by atoms with E-state index in [9.17, 15) is 5.11 Å². The van der Waals surface area contributed by atoms with E-state index in [0.29, 0.717) is 13.2 Å². The highest BCUT2D eigenvalue weighted by atomic mass is 16.5. The van der Waals surface area contributed by atoms with Gasteiger partial charge in [-0.2, -0.15) is 0 Å². The number of ether oxygens (including phenoxy) is 1. The molecule has 2 N–H and O–H groups in total. The lowest BCUT2D eigenvalue weighted by atomic mass is 9.80. The van der Waals surface area contributed by atoms with Crippen molar-refractivity contribution in [1.29, 1.82) is 0 Å². The first-order chi connectivity index (χ1) is 10.0. The number of nitrogens with zero attached hydrogens (tertiary/aromatic N) is 1. The zero-order valence-corrected chi connectivity index (χ0v) is 13.8. The zero-order valence-electron chi connectivity index (χ0n) is 13.8.